The van der Waals surface area contributed by atoms with Crippen LogP contribution in [0.2, 0.25) is 0 Å². The van der Waals surface area contributed by atoms with Gasteiger partial charge in [-0.2, -0.15) is 4.31 Å². The molecule has 0 radical (unpaired) electrons. The van der Waals surface area contributed by atoms with Crippen LogP contribution in [-0.4, -0.2) is 51.7 Å². The highest BCUT2D eigenvalue weighted by Crippen LogP contribution is 2.06. The van der Waals surface area contributed by atoms with Gasteiger partial charge in [-0.15, -0.1) is 0 Å². The second kappa shape index (κ2) is 6.42. The third-order valence-electron chi connectivity index (χ3n) is 2.30. The predicted molar refractivity (Wildman–Crippen MR) is 72.3 cm³/mol. The molecule has 9 heteroatoms. The zero-order valence-electron chi connectivity index (χ0n) is 10.8. The Morgan fingerprint density at radius 3 is 2.21 bits per heavy atom. The molecule has 0 saturated carbocycles. The summed E-state index contributed by atoms with van der Waals surface area (Å²) in [5.74, 6) is 0. The van der Waals surface area contributed by atoms with Crippen molar-refractivity contribution in [1.82, 2.24) is 14.0 Å². The standard InChI is InChI=1S/C10H17N3O4S2/c1-18(14,15)12-7-8-13(19(2,16)17)9-10-3-5-11-6-4-10/h3-6,12H,7-9H2,1-2H3. The van der Waals surface area contributed by atoms with Crippen LogP contribution in [0.5, 0.6) is 0 Å². The number of nitrogens with one attached hydrogen (secondary N) is 1. The van der Waals surface area contributed by atoms with Crippen molar-refractivity contribution in [2.45, 2.75) is 6.54 Å². The molecule has 0 aliphatic carbocycles. The van der Waals surface area contributed by atoms with Gasteiger partial charge in [0.1, 0.15) is 0 Å². The Balaban J connectivity index is 2.69. The van der Waals surface area contributed by atoms with Crippen molar-refractivity contribution in [3.8, 4) is 0 Å². The Morgan fingerprint density at radius 1 is 1.16 bits per heavy atom. The first-order chi connectivity index (χ1) is 8.68. The van der Waals surface area contributed by atoms with Crippen LogP contribution in [-0.2, 0) is 26.6 Å². The molecule has 0 amide bonds. The second-order valence-electron chi connectivity index (χ2n) is 4.12. The van der Waals surface area contributed by atoms with Gasteiger partial charge in [0.05, 0.1) is 12.5 Å². The van der Waals surface area contributed by atoms with Gasteiger partial charge in [-0.05, 0) is 17.7 Å². The molecule has 108 valence electrons. The largest absolute Gasteiger partial charge is 0.265 e. The Bertz CT molecular complexity index is 599. The van der Waals surface area contributed by atoms with Gasteiger partial charge in [-0.3, -0.25) is 4.98 Å². The van der Waals surface area contributed by atoms with Gasteiger partial charge in [0.25, 0.3) is 0 Å². The molecule has 0 aromatic carbocycles. The lowest BCUT2D eigenvalue weighted by atomic mass is 10.3. The van der Waals surface area contributed by atoms with Crippen molar-refractivity contribution < 1.29 is 16.8 Å². The molecule has 0 aliphatic rings. The fourth-order valence-corrected chi connectivity index (χ4v) is 2.68. The highest BCUT2D eigenvalue weighted by atomic mass is 32.2. The lowest BCUT2D eigenvalue weighted by molar-refractivity contribution is 0.412. The zero-order valence-corrected chi connectivity index (χ0v) is 12.4. The first kappa shape index (κ1) is 16.0. The molecule has 0 fully saturated rings. The molecule has 0 bridgehead atoms. The van der Waals surface area contributed by atoms with Crippen LogP contribution in [0.4, 0.5) is 0 Å². The molecular formula is C10H17N3O4S2. The van der Waals surface area contributed by atoms with Crippen LogP contribution >= 0.6 is 0 Å². The van der Waals surface area contributed by atoms with Gasteiger partial charge >= 0.3 is 0 Å². The Kier molecular flexibility index (Phi) is 5.41. The molecule has 0 saturated heterocycles. The van der Waals surface area contributed by atoms with E-state index in [4.69, 9.17) is 0 Å². The van der Waals surface area contributed by atoms with E-state index in [9.17, 15) is 16.8 Å². The van der Waals surface area contributed by atoms with Crippen LogP contribution in [0.1, 0.15) is 5.56 Å². The molecule has 0 atom stereocenters. The monoisotopic (exact) mass is 307 g/mol. The van der Waals surface area contributed by atoms with Crippen molar-refractivity contribution in [2.24, 2.45) is 0 Å². The maximum atomic E-state index is 11.6. The van der Waals surface area contributed by atoms with Crippen molar-refractivity contribution in [3.05, 3.63) is 30.1 Å². The maximum absolute atomic E-state index is 11.6. The summed E-state index contributed by atoms with van der Waals surface area (Å²) in [6, 6.07) is 3.42. The van der Waals surface area contributed by atoms with Crippen LogP contribution < -0.4 is 4.72 Å². The van der Waals surface area contributed by atoms with E-state index >= 15 is 0 Å². The summed E-state index contributed by atoms with van der Waals surface area (Å²) in [6.07, 6.45) is 5.27. The molecular weight excluding hydrogens is 290 g/mol. The van der Waals surface area contributed by atoms with Crippen molar-refractivity contribution >= 4 is 20.0 Å². The molecule has 1 aromatic rings. The fraction of sp³-hybridized carbons (Fsp3) is 0.500. The molecule has 1 rings (SSSR count). The third-order valence-corrected chi connectivity index (χ3v) is 4.28. The molecule has 0 unspecified atom stereocenters. The van der Waals surface area contributed by atoms with Crippen LogP contribution in [0.15, 0.2) is 24.5 Å². The lowest BCUT2D eigenvalue weighted by Gasteiger charge is -2.19. The van der Waals surface area contributed by atoms with Crippen LogP contribution in [0.3, 0.4) is 0 Å². The van der Waals surface area contributed by atoms with E-state index in [2.05, 4.69) is 9.71 Å². The topological polar surface area (TPSA) is 96.4 Å². The first-order valence-corrected chi connectivity index (χ1v) is 9.21. The van der Waals surface area contributed by atoms with Gasteiger partial charge in [0, 0.05) is 32.0 Å². The quantitative estimate of drug-likeness (QED) is 0.725. The lowest BCUT2D eigenvalue weighted by Crippen LogP contribution is -2.37. The number of sulfonamides is 2. The van der Waals surface area contributed by atoms with Gasteiger partial charge in [-0.1, -0.05) is 0 Å². The summed E-state index contributed by atoms with van der Waals surface area (Å²) in [7, 11) is -6.72. The van der Waals surface area contributed by atoms with Crippen molar-refractivity contribution in [1.29, 1.82) is 0 Å². The van der Waals surface area contributed by atoms with Crippen LogP contribution in [0, 0.1) is 0 Å². The third kappa shape index (κ3) is 6.62. The van der Waals surface area contributed by atoms with Gasteiger partial charge in [0.15, 0.2) is 0 Å². The number of rotatable bonds is 7. The first-order valence-electron chi connectivity index (χ1n) is 5.47. The van der Waals surface area contributed by atoms with E-state index in [1.165, 1.54) is 4.31 Å². The molecule has 1 N–H and O–H groups in total. The fourth-order valence-electron chi connectivity index (χ4n) is 1.41. The normalized spacial score (nSPS) is 12.8. The molecule has 0 spiro atoms. The summed E-state index contributed by atoms with van der Waals surface area (Å²) in [6.45, 7) is 0.304. The van der Waals surface area contributed by atoms with E-state index in [0.717, 1.165) is 18.1 Å². The van der Waals surface area contributed by atoms with Crippen molar-refractivity contribution in [2.75, 3.05) is 25.6 Å². The SMILES string of the molecule is CS(=O)(=O)NCCN(Cc1ccncc1)S(C)(=O)=O. The summed E-state index contributed by atoms with van der Waals surface area (Å²) in [5, 5.41) is 0. The zero-order chi connectivity index (χ0) is 14.5. The van der Waals surface area contributed by atoms with Gasteiger partial charge < -0.3 is 0 Å². The summed E-state index contributed by atoms with van der Waals surface area (Å²) >= 11 is 0. The number of hydrogen-bond donors (Lipinski definition) is 1. The number of hydrogen-bond acceptors (Lipinski definition) is 5. The smallest absolute Gasteiger partial charge is 0.211 e. The number of pyridine rings is 1. The molecule has 19 heavy (non-hydrogen) atoms. The predicted octanol–water partition coefficient (Wildman–Crippen LogP) is -0.608. The second-order valence-corrected chi connectivity index (χ2v) is 7.93. The number of nitrogens with zero attached hydrogens (tertiary/aromatic N) is 2. The minimum absolute atomic E-state index is 0.0387. The maximum Gasteiger partial charge on any atom is 0.211 e. The Hall–Kier alpha value is -1.03. The summed E-state index contributed by atoms with van der Waals surface area (Å²) in [5.41, 5.74) is 0.791. The van der Waals surface area contributed by atoms with Gasteiger partial charge in [-0.25, -0.2) is 21.6 Å². The summed E-state index contributed by atoms with van der Waals surface area (Å²) < 4.78 is 48.6. The van der Waals surface area contributed by atoms with E-state index < -0.39 is 20.0 Å². The Morgan fingerprint density at radius 2 is 1.74 bits per heavy atom. The van der Waals surface area contributed by atoms with Crippen molar-refractivity contribution in [3.63, 3.8) is 0 Å². The van der Waals surface area contributed by atoms with E-state index in [-0.39, 0.29) is 19.6 Å². The molecule has 0 aliphatic heterocycles. The highest BCUT2D eigenvalue weighted by Gasteiger charge is 2.17. The van der Waals surface area contributed by atoms with E-state index in [1.54, 1.807) is 24.5 Å². The Labute approximate surface area is 113 Å². The molecule has 1 aromatic heterocycles. The highest BCUT2D eigenvalue weighted by molar-refractivity contribution is 7.88. The number of aromatic nitrogens is 1. The van der Waals surface area contributed by atoms with Crippen LogP contribution in [0.25, 0.3) is 0 Å². The summed E-state index contributed by atoms with van der Waals surface area (Å²) in [4.78, 5) is 3.85. The minimum atomic E-state index is -3.40. The average Bonchev–Trinajstić information content (AvgIpc) is 2.26. The molecule has 1 heterocycles. The molecule has 7 nitrogen and oxygen atoms in total. The van der Waals surface area contributed by atoms with E-state index in [1.807, 2.05) is 0 Å². The average molecular weight is 307 g/mol. The van der Waals surface area contributed by atoms with Gasteiger partial charge in [0.2, 0.25) is 20.0 Å². The van der Waals surface area contributed by atoms with E-state index in [0.29, 0.717) is 0 Å². The minimum Gasteiger partial charge on any atom is -0.265 e.